The van der Waals surface area contributed by atoms with Crippen molar-refractivity contribution in [2.45, 2.75) is 40.5 Å². The molecule has 0 aliphatic heterocycles. The topological polar surface area (TPSA) is 56.6 Å². The Morgan fingerprint density at radius 1 is 0.968 bits per heavy atom. The molecule has 0 radical (unpaired) electrons. The molecule has 6 heteroatoms. The number of amides is 1. The molecule has 0 spiro atoms. The van der Waals surface area contributed by atoms with E-state index < -0.39 is 0 Å². The van der Waals surface area contributed by atoms with Gasteiger partial charge in [0.15, 0.2) is 0 Å². The van der Waals surface area contributed by atoms with Gasteiger partial charge in [-0.3, -0.25) is 4.79 Å². The van der Waals surface area contributed by atoms with Crippen LogP contribution in [0.3, 0.4) is 0 Å². The summed E-state index contributed by atoms with van der Waals surface area (Å²) in [6.07, 6.45) is 0.986. The Hall–Kier alpha value is -3.28. The van der Waals surface area contributed by atoms with Crippen LogP contribution in [-0.2, 0) is 11.2 Å². The van der Waals surface area contributed by atoms with Crippen molar-refractivity contribution in [3.63, 3.8) is 0 Å². The molecule has 1 aromatic heterocycles. The van der Waals surface area contributed by atoms with E-state index in [4.69, 9.17) is 14.6 Å². The van der Waals surface area contributed by atoms with Crippen LogP contribution in [0.4, 0.5) is 0 Å². The highest BCUT2D eigenvalue weighted by atomic mass is 16.5. The molecule has 0 fully saturated rings. The molecule has 6 nitrogen and oxygen atoms in total. The summed E-state index contributed by atoms with van der Waals surface area (Å²) < 4.78 is 13.4. The Morgan fingerprint density at radius 3 is 2.16 bits per heavy atom. The van der Waals surface area contributed by atoms with Crippen molar-refractivity contribution in [2.24, 2.45) is 0 Å². The molecule has 0 saturated heterocycles. The maximum atomic E-state index is 12.6. The van der Waals surface area contributed by atoms with E-state index in [9.17, 15) is 4.79 Å². The molecule has 3 aromatic rings. The number of carbonyl (C=O) groups is 1. The molecule has 0 N–H and O–H groups in total. The van der Waals surface area contributed by atoms with Crippen molar-refractivity contribution in [3.8, 4) is 23.1 Å². The van der Waals surface area contributed by atoms with Gasteiger partial charge in [-0.25, -0.2) is 4.68 Å². The maximum Gasteiger partial charge on any atom is 0.226 e. The molecular formula is C25H31N3O3. The zero-order valence-corrected chi connectivity index (χ0v) is 19.0. The summed E-state index contributed by atoms with van der Waals surface area (Å²) in [6.45, 7) is 9.43. The fourth-order valence-corrected chi connectivity index (χ4v) is 3.51. The van der Waals surface area contributed by atoms with Crippen molar-refractivity contribution in [3.05, 3.63) is 65.4 Å². The van der Waals surface area contributed by atoms with Crippen LogP contribution in [0.25, 0.3) is 5.69 Å². The van der Waals surface area contributed by atoms with E-state index in [0.29, 0.717) is 31.8 Å². The Kier molecular flexibility index (Phi) is 7.34. The first-order valence-corrected chi connectivity index (χ1v) is 10.7. The molecule has 1 amide bonds. The number of rotatable bonds is 9. The van der Waals surface area contributed by atoms with Crippen molar-refractivity contribution < 1.29 is 14.3 Å². The summed E-state index contributed by atoms with van der Waals surface area (Å²) >= 11 is 0. The first kappa shape index (κ1) is 22.4. The number of hydrogen-bond donors (Lipinski definition) is 0. The maximum absolute atomic E-state index is 12.6. The van der Waals surface area contributed by atoms with Gasteiger partial charge in [-0.2, -0.15) is 5.10 Å². The summed E-state index contributed by atoms with van der Waals surface area (Å²) in [5.74, 6) is 2.29. The normalized spacial score (nSPS) is 10.7. The van der Waals surface area contributed by atoms with Crippen LogP contribution in [0.1, 0.15) is 37.1 Å². The minimum atomic E-state index is 0.142. The standard InChI is InChI=1S/C25H31N3O3/c1-6-27(7-2)24(29)17-16-23-19(4)26-28(20-10-14-21(30-5)15-11-20)25(23)31-22-12-8-18(3)9-13-22/h8-15H,6-7,16-17H2,1-5H3. The Labute approximate surface area is 184 Å². The summed E-state index contributed by atoms with van der Waals surface area (Å²) in [5.41, 5.74) is 3.83. The van der Waals surface area contributed by atoms with Crippen LogP contribution >= 0.6 is 0 Å². The average molecular weight is 422 g/mol. The molecule has 2 aromatic carbocycles. The second-order valence-electron chi connectivity index (χ2n) is 7.46. The fourth-order valence-electron chi connectivity index (χ4n) is 3.51. The number of ether oxygens (including phenoxy) is 2. The number of hydrogen-bond acceptors (Lipinski definition) is 4. The molecular weight excluding hydrogens is 390 g/mol. The van der Waals surface area contributed by atoms with Gasteiger partial charge in [0.1, 0.15) is 11.5 Å². The van der Waals surface area contributed by atoms with E-state index in [1.807, 2.05) is 81.1 Å². The Balaban J connectivity index is 1.97. The van der Waals surface area contributed by atoms with Crippen molar-refractivity contribution in [1.29, 1.82) is 0 Å². The number of nitrogens with zero attached hydrogens (tertiary/aromatic N) is 3. The van der Waals surface area contributed by atoms with E-state index in [0.717, 1.165) is 34.0 Å². The molecule has 0 aliphatic carbocycles. The minimum absolute atomic E-state index is 0.142. The third kappa shape index (κ3) is 5.26. The first-order valence-electron chi connectivity index (χ1n) is 10.7. The monoisotopic (exact) mass is 421 g/mol. The molecule has 164 valence electrons. The van der Waals surface area contributed by atoms with E-state index in [-0.39, 0.29) is 5.91 Å². The van der Waals surface area contributed by atoms with E-state index in [1.54, 1.807) is 11.8 Å². The van der Waals surface area contributed by atoms with E-state index in [1.165, 1.54) is 0 Å². The summed E-state index contributed by atoms with van der Waals surface area (Å²) in [5, 5.41) is 4.74. The summed E-state index contributed by atoms with van der Waals surface area (Å²) in [4.78, 5) is 14.4. The van der Waals surface area contributed by atoms with Gasteiger partial charge in [-0.15, -0.1) is 0 Å². The lowest BCUT2D eigenvalue weighted by molar-refractivity contribution is -0.130. The summed E-state index contributed by atoms with van der Waals surface area (Å²) in [6, 6.07) is 15.6. The zero-order chi connectivity index (χ0) is 22.4. The van der Waals surface area contributed by atoms with Gasteiger partial charge in [0.05, 0.1) is 18.5 Å². The third-order valence-electron chi connectivity index (χ3n) is 5.39. The van der Waals surface area contributed by atoms with Gasteiger partial charge >= 0.3 is 0 Å². The number of aromatic nitrogens is 2. The fraction of sp³-hybridized carbons (Fsp3) is 0.360. The van der Waals surface area contributed by atoms with Crippen LogP contribution < -0.4 is 9.47 Å². The number of aryl methyl sites for hydroxylation is 2. The van der Waals surface area contributed by atoms with Crippen LogP contribution in [0.15, 0.2) is 48.5 Å². The molecule has 0 atom stereocenters. The second-order valence-corrected chi connectivity index (χ2v) is 7.46. The van der Waals surface area contributed by atoms with Gasteiger partial charge in [-0.05, 0) is 70.5 Å². The SMILES string of the molecule is CCN(CC)C(=O)CCc1c(C)nn(-c2ccc(OC)cc2)c1Oc1ccc(C)cc1. The number of carbonyl (C=O) groups excluding carboxylic acids is 1. The molecule has 1 heterocycles. The van der Waals surface area contributed by atoms with Gasteiger partial charge in [0.25, 0.3) is 0 Å². The Morgan fingerprint density at radius 2 is 1.58 bits per heavy atom. The first-order chi connectivity index (χ1) is 15.0. The minimum Gasteiger partial charge on any atom is -0.497 e. The predicted octanol–water partition coefficient (Wildman–Crippen LogP) is 5.09. The van der Waals surface area contributed by atoms with Crippen LogP contribution in [0, 0.1) is 13.8 Å². The van der Waals surface area contributed by atoms with Crippen molar-refractivity contribution in [1.82, 2.24) is 14.7 Å². The molecule has 31 heavy (non-hydrogen) atoms. The highest BCUT2D eigenvalue weighted by Crippen LogP contribution is 2.32. The van der Waals surface area contributed by atoms with Gasteiger partial charge in [0.2, 0.25) is 11.8 Å². The zero-order valence-electron chi connectivity index (χ0n) is 19.0. The van der Waals surface area contributed by atoms with Gasteiger partial charge < -0.3 is 14.4 Å². The molecule has 0 bridgehead atoms. The Bertz CT molecular complexity index is 1000. The third-order valence-corrected chi connectivity index (χ3v) is 5.39. The van der Waals surface area contributed by atoms with Crippen LogP contribution in [0.5, 0.6) is 17.4 Å². The lowest BCUT2D eigenvalue weighted by Gasteiger charge is -2.18. The van der Waals surface area contributed by atoms with Gasteiger partial charge in [-0.1, -0.05) is 17.7 Å². The quantitative estimate of drug-likeness (QED) is 0.483. The van der Waals surface area contributed by atoms with Crippen molar-refractivity contribution >= 4 is 5.91 Å². The number of methoxy groups -OCH3 is 1. The van der Waals surface area contributed by atoms with Gasteiger partial charge in [0, 0.05) is 25.1 Å². The lowest BCUT2D eigenvalue weighted by Crippen LogP contribution is -2.30. The molecule has 3 rings (SSSR count). The average Bonchev–Trinajstić information content (AvgIpc) is 3.09. The van der Waals surface area contributed by atoms with Crippen molar-refractivity contribution in [2.75, 3.05) is 20.2 Å². The van der Waals surface area contributed by atoms with E-state index in [2.05, 4.69) is 0 Å². The smallest absolute Gasteiger partial charge is 0.226 e. The van der Waals surface area contributed by atoms with E-state index >= 15 is 0 Å². The molecule has 0 saturated carbocycles. The highest BCUT2D eigenvalue weighted by molar-refractivity contribution is 5.76. The number of benzene rings is 2. The molecule has 0 unspecified atom stereocenters. The summed E-state index contributed by atoms with van der Waals surface area (Å²) in [7, 11) is 1.64. The highest BCUT2D eigenvalue weighted by Gasteiger charge is 2.21. The predicted molar refractivity (Wildman–Crippen MR) is 122 cm³/mol. The van der Waals surface area contributed by atoms with Crippen LogP contribution in [0.2, 0.25) is 0 Å². The molecule has 0 aliphatic rings. The lowest BCUT2D eigenvalue weighted by atomic mass is 10.1. The van der Waals surface area contributed by atoms with Crippen LogP contribution in [-0.4, -0.2) is 40.8 Å². The second kappa shape index (κ2) is 10.2. The largest absolute Gasteiger partial charge is 0.497 e.